The van der Waals surface area contributed by atoms with Gasteiger partial charge in [0.25, 0.3) is 0 Å². The van der Waals surface area contributed by atoms with Crippen LogP contribution in [0.25, 0.3) is 0 Å². The van der Waals surface area contributed by atoms with Crippen molar-refractivity contribution in [3.8, 4) is 0 Å². The van der Waals surface area contributed by atoms with Gasteiger partial charge < -0.3 is 29.7 Å². The summed E-state index contributed by atoms with van der Waals surface area (Å²) in [6.07, 6.45) is 13.4. The molecule has 0 fully saturated rings. The van der Waals surface area contributed by atoms with Gasteiger partial charge in [0.05, 0.1) is 0 Å². The van der Waals surface area contributed by atoms with E-state index >= 15 is 0 Å². The molecule has 2 aromatic carbocycles. The van der Waals surface area contributed by atoms with E-state index in [0.717, 1.165) is 12.8 Å². The maximum absolute atomic E-state index is 4.10. The average Bonchev–Trinajstić information content (AvgIpc) is 3.13. The van der Waals surface area contributed by atoms with Gasteiger partial charge >= 0.3 is 0 Å². The Morgan fingerprint density at radius 1 is 0.377 bits per heavy atom. The molecule has 0 aliphatic carbocycles. The number of benzene rings is 2. The van der Waals surface area contributed by atoms with E-state index in [1.165, 1.54) is 52.6 Å². The maximum atomic E-state index is 4.10. The Kier molecular flexibility index (Phi) is 59.5. The number of aryl methyl sites for hydroxylation is 2. The van der Waals surface area contributed by atoms with Gasteiger partial charge in [0.2, 0.25) is 0 Å². The van der Waals surface area contributed by atoms with Gasteiger partial charge in [-0.2, -0.15) is 0 Å². The molecule has 342 valence electrons. The third-order valence-electron chi connectivity index (χ3n) is 11.1. The maximum Gasteiger partial charge on any atom is 0.0305 e. The fourth-order valence-electron chi connectivity index (χ4n) is 4.45. The van der Waals surface area contributed by atoms with Crippen LogP contribution in [-0.2, 0) is 152 Å². The second-order valence-corrected chi connectivity index (χ2v) is 18.1. The Labute approximate surface area is 486 Å². The Hall–Kier alpha value is 1.16. The zero-order chi connectivity index (χ0) is 40.2. The number of hydrogen-bond acceptors (Lipinski definition) is 2. The molecule has 0 saturated carbocycles. The van der Waals surface area contributed by atoms with Gasteiger partial charge in [0.1, 0.15) is 0 Å². The minimum Gasteiger partial charge on any atom is -0.358 e. The standard InChI is InChI=1S/2C12H18.2C10H15N.C6H14.CH4.4CH3.4Y/c1-5-12(3,4)11-8-6-10(2)7-9-11;1-5-12(3,4)11-8-6-7-10(2)9-11;1-4-10(2,3)9-5-7-11-8-6-9;1-4-10(2,3)9-6-5-7-11-8-9;1-5-6(2,3)4;;;;;;;;;/h2*6-9H,5H2,1-4H3;2*5-8H,4H2,1-3H3;5H2,1-4H3;1H4;4*1H3;;;;/q;;;;;;4*-1;;;;. The molecule has 4 aromatic rings. The second kappa shape index (κ2) is 42.5. The summed E-state index contributed by atoms with van der Waals surface area (Å²) < 4.78 is 0. The van der Waals surface area contributed by atoms with Crippen LogP contribution in [-0.4, -0.2) is 9.97 Å². The van der Waals surface area contributed by atoms with Gasteiger partial charge in [-0.15, -0.1) is 0 Å². The normalized spacial score (nSPS) is 9.93. The molecular formula is C55H96N2Y4-4. The third kappa shape index (κ3) is 36.9. The van der Waals surface area contributed by atoms with E-state index in [1.54, 1.807) is 0 Å². The summed E-state index contributed by atoms with van der Waals surface area (Å²) in [7, 11) is 0. The number of nitrogens with zero attached hydrogens (tertiary/aromatic N) is 2. The van der Waals surface area contributed by atoms with Crippen LogP contribution in [0.4, 0.5) is 0 Å². The van der Waals surface area contributed by atoms with Crippen LogP contribution < -0.4 is 0 Å². The van der Waals surface area contributed by atoms with Gasteiger partial charge in [0, 0.05) is 156 Å². The van der Waals surface area contributed by atoms with E-state index in [-0.39, 0.29) is 173 Å². The van der Waals surface area contributed by atoms with Crippen molar-refractivity contribution in [2.45, 2.75) is 186 Å². The molecule has 4 radical (unpaired) electrons. The van der Waals surface area contributed by atoms with E-state index in [9.17, 15) is 0 Å². The van der Waals surface area contributed by atoms with E-state index < -0.39 is 0 Å². The monoisotopic (exact) mass is 1140 g/mol. The predicted molar refractivity (Wildman–Crippen MR) is 266 cm³/mol. The largest absolute Gasteiger partial charge is 0.358 e. The molecule has 2 heterocycles. The van der Waals surface area contributed by atoms with Crippen LogP contribution in [0.15, 0.2) is 97.6 Å². The summed E-state index contributed by atoms with van der Waals surface area (Å²) in [5.74, 6) is 0. The molecule has 0 amide bonds. The van der Waals surface area contributed by atoms with Crippen molar-refractivity contribution in [2.75, 3.05) is 0 Å². The molecule has 0 bridgehead atoms. The fourth-order valence-corrected chi connectivity index (χ4v) is 4.45. The van der Waals surface area contributed by atoms with Crippen molar-refractivity contribution in [1.82, 2.24) is 9.97 Å². The summed E-state index contributed by atoms with van der Waals surface area (Å²) in [5, 5.41) is 0. The van der Waals surface area contributed by atoms with Gasteiger partial charge in [0.15, 0.2) is 0 Å². The average molecular weight is 1140 g/mol. The number of pyridine rings is 2. The van der Waals surface area contributed by atoms with Gasteiger partial charge in [-0.1, -0.05) is 190 Å². The van der Waals surface area contributed by atoms with E-state index in [4.69, 9.17) is 0 Å². The Bertz CT molecular complexity index is 1440. The molecule has 0 atom stereocenters. The van der Waals surface area contributed by atoms with Crippen molar-refractivity contribution in [3.63, 3.8) is 0 Å². The van der Waals surface area contributed by atoms with Gasteiger partial charge in [-0.05, 0) is 107 Å². The fraction of sp³-hybridized carbons (Fsp3) is 0.527. The first kappa shape index (κ1) is 85.5. The smallest absolute Gasteiger partial charge is 0.0305 e. The molecular weight excluding hydrogens is 1040 g/mol. The molecule has 0 N–H and O–H groups in total. The van der Waals surface area contributed by atoms with Gasteiger partial charge in [-0.25, -0.2) is 0 Å². The van der Waals surface area contributed by atoms with Crippen LogP contribution in [0, 0.1) is 49.0 Å². The number of aromatic nitrogens is 2. The van der Waals surface area contributed by atoms with Crippen molar-refractivity contribution >= 4 is 0 Å². The molecule has 0 unspecified atom stereocenters. The Balaban J connectivity index is -0.0000000651. The first-order valence-corrected chi connectivity index (χ1v) is 20.0. The van der Waals surface area contributed by atoms with Crippen molar-refractivity contribution in [3.05, 3.63) is 161 Å². The van der Waals surface area contributed by atoms with Crippen molar-refractivity contribution in [1.29, 1.82) is 0 Å². The molecule has 6 heteroatoms. The zero-order valence-corrected chi connectivity index (χ0v) is 54.8. The molecule has 2 aromatic heterocycles. The molecule has 0 aliphatic rings. The van der Waals surface area contributed by atoms with Crippen LogP contribution in [0.1, 0.15) is 184 Å². The summed E-state index contributed by atoms with van der Waals surface area (Å²) in [5.41, 5.74) is 10.0. The third-order valence-corrected chi connectivity index (χ3v) is 11.1. The molecule has 0 saturated heterocycles. The zero-order valence-electron chi connectivity index (χ0n) is 43.5. The molecule has 0 spiro atoms. The SMILES string of the molecule is C.CCC(C)(C)C.CCC(C)(C)c1ccc(C)cc1.CCC(C)(C)c1cccc(C)c1.CCC(C)(C)c1cccnc1.CCC(C)(C)c1ccncc1.[CH3-].[CH3-].[CH3-].[CH3-].[Y].[Y].[Y].[Y]. The topological polar surface area (TPSA) is 25.8 Å². The minimum atomic E-state index is 0. The van der Waals surface area contributed by atoms with Crippen LogP contribution in [0.2, 0.25) is 0 Å². The first-order valence-electron chi connectivity index (χ1n) is 20.0. The van der Waals surface area contributed by atoms with E-state index in [2.05, 4.69) is 201 Å². The summed E-state index contributed by atoms with van der Waals surface area (Å²) >= 11 is 0. The number of rotatable bonds is 8. The van der Waals surface area contributed by atoms with Crippen molar-refractivity contribution < 1.29 is 131 Å². The van der Waals surface area contributed by atoms with E-state index in [0.29, 0.717) is 21.7 Å². The minimum absolute atomic E-state index is 0. The molecule has 61 heavy (non-hydrogen) atoms. The van der Waals surface area contributed by atoms with Crippen LogP contribution >= 0.6 is 0 Å². The summed E-state index contributed by atoms with van der Waals surface area (Å²) in [6, 6.07) is 25.9. The van der Waals surface area contributed by atoms with Gasteiger partial charge in [-0.3, -0.25) is 9.97 Å². The van der Waals surface area contributed by atoms with Crippen molar-refractivity contribution in [2.24, 2.45) is 5.41 Å². The molecule has 0 aliphatic heterocycles. The Morgan fingerprint density at radius 3 is 1.05 bits per heavy atom. The Morgan fingerprint density at radius 2 is 0.721 bits per heavy atom. The number of hydrogen-bond donors (Lipinski definition) is 0. The van der Waals surface area contributed by atoms with Crippen LogP contribution in [0.5, 0.6) is 0 Å². The summed E-state index contributed by atoms with van der Waals surface area (Å²) in [6.45, 7) is 40.2. The first-order chi connectivity index (χ1) is 24.0. The van der Waals surface area contributed by atoms with E-state index in [1.807, 2.05) is 30.9 Å². The molecule has 4 rings (SSSR count). The second-order valence-electron chi connectivity index (χ2n) is 18.1. The molecule has 2 nitrogen and oxygen atoms in total. The van der Waals surface area contributed by atoms with Crippen LogP contribution in [0.3, 0.4) is 0 Å². The quantitative estimate of drug-likeness (QED) is 0.164. The summed E-state index contributed by atoms with van der Waals surface area (Å²) in [4.78, 5) is 8.09. The predicted octanol–water partition coefficient (Wildman–Crippen LogP) is 17.8.